The molecule has 0 bridgehead atoms. The Hall–Kier alpha value is -1.13. The van der Waals surface area contributed by atoms with Crippen molar-refractivity contribution >= 4 is 5.91 Å². The molecule has 1 fully saturated rings. The molecule has 15 heavy (non-hydrogen) atoms. The molecule has 2 rings (SSSR count). The molecule has 2 unspecified atom stereocenters. The summed E-state index contributed by atoms with van der Waals surface area (Å²) in [7, 11) is 0. The zero-order valence-electron chi connectivity index (χ0n) is 8.48. The molecule has 4 heteroatoms. The molecule has 0 spiro atoms. The number of amides is 1. The first-order valence-electron chi connectivity index (χ1n) is 5.21. The Morgan fingerprint density at radius 3 is 3.27 bits per heavy atom. The summed E-state index contributed by atoms with van der Waals surface area (Å²) in [6, 6.07) is 0. The van der Waals surface area contributed by atoms with E-state index >= 15 is 0 Å². The molecule has 0 radical (unpaired) electrons. The first kappa shape index (κ1) is 10.4. The minimum Gasteiger partial charge on any atom is -0.396 e. The van der Waals surface area contributed by atoms with Crippen molar-refractivity contribution in [1.29, 1.82) is 0 Å². The van der Waals surface area contributed by atoms with E-state index in [0.717, 1.165) is 12.1 Å². The van der Waals surface area contributed by atoms with Gasteiger partial charge in [-0.05, 0) is 12.5 Å². The van der Waals surface area contributed by atoms with Crippen molar-refractivity contribution in [1.82, 2.24) is 5.32 Å². The van der Waals surface area contributed by atoms with E-state index in [-0.39, 0.29) is 18.4 Å². The first-order chi connectivity index (χ1) is 7.31. The monoisotopic (exact) mass is 209 g/mol. The van der Waals surface area contributed by atoms with Crippen molar-refractivity contribution in [3.63, 3.8) is 0 Å². The summed E-state index contributed by atoms with van der Waals surface area (Å²) >= 11 is 0. The van der Waals surface area contributed by atoms with Gasteiger partial charge >= 0.3 is 0 Å². The highest BCUT2D eigenvalue weighted by Gasteiger charge is 2.28. The third kappa shape index (κ3) is 2.27. The van der Waals surface area contributed by atoms with Crippen LogP contribution in [0.25, 0.3) is 0 Å². The van der Waals surface area contributed by atoms with Crippen molar-refractivity contribution in [3.8, 4) is 0 Å². The van der Waals surface area contributed by atoms with E-state index in [0.29, 0.717) is 13.0 Å². The normalized spacial score (nSPS) is 30.2. The molecule has 1 heterocycles. The Morgan fingerprint density at radius 2 is 2.47 bits per heavy atom. The molecule has 0 aromatic heterocycles. The number of aliphatic hydroxyl groups excluding tert-OH is 1. The van der Waals surface area contributed by atoms with E-state index in [1.807, 2.05) is 12.2 Å². The van der Waals surface area contributed by atoms with Crippen LogP contribution in [0.2, 0.25) is 0 Å². The fourth-order valence-electron chi connectivity index (χ4n) is 1.84. The molecule has 1 amide bonds. The van der Waals surface area contributed by atoms with Gasteiger partial charge in [-0.1, -0.05) is 12.2 Å². The van der Waals surface area contributed by atoms with Gasteiger partial charge in [0, 0.05) is 24.6 Å². The van der Waals surface area contributed by atoms with Crippen molar-refractivity contribution in [2.75, 3.05) is 13.2 Å². The molecule has 0 saturated carbocycles. The van der Waals surface area contributed by atoms with Crippen molar-refractivity contribution in [3.05, 3.63) is 23.9 Å². The van der Waals surface area contributed by atoms with Crippen molar-refractivity contribution in [2.45, 2.75) is 18.9 Å². The summed E-state index contributed by atoms with van der Waals surface area (Å²) in [5.41, 5.74) is 0.933. The van der Waals surface area contributed by atoms with Gasteiger partial charge in [0.25, 0.3) is 5.91 Å². The van der Waals surface area contributed by atoms with E-state index in [9.17, 15) is 4.79 Å². The molecular formula is C11H15NO3. The SMILES string of the molecule is O=C1NC2=CC=CCC2COC1CCO. The molecule has 0 aromatic carbocycles. The number of carbonyl (C=O) groups is 1. The highest BCUT2D eigenvalue weighted by atomic mass is 16.5. The second kappa shape index (κ2) is 4.59. The van der Waals surface area contributed by atoms with Gasteiger partial charge in [0.2, 0.25) is 0 Å². The average molecular weight is 209 g/mol. The Kier molecular flexibility index (Phi) is 3.18. The zero-order valence-corrected chi connectivity index (χ0v) is 8.48. The summed E-state index contributed by atoms with van der Waals surface area (Å²) < 4.78 is 5.48. The topological polar surface area (TPSA) is 58.6 Å². The molecule has 1 saturated heterocycles. The smallest absolute Gasteiger partial charge is 0.253 e. The summed E-state index contributed by atoms with van der Waals surface area (Å²) in [5, 5.41) is 11.7. The van der Waals surface area contributed by atoms with Crippen LogP contribution in [-0.2, 0) is 9.53 Å². The molecule has 1 aliphatic heterocycles. The Morgan fingerprint density at radius 1 is 1.60 bits per heavy atom. The summed E-state index contributed by atoms with van der Waals surface area (Å²) in [5.74, 6) is 0.107. The third-order valence-electron chi connectivity index (χ3n) is 2.72. The van der Waals surface area contributed by atoms with Gasteiger partial charge in [0.15, 0.2) is 0 Å². The van der Waals surface area contributed by atoms with E-state index in [1.54, 1.807) is 0 Å². The zero-order chi connectivity index (χ0) is 10.7. The number of rotatable bonds is 2. The fraction of sp³-hybridized carbons (Fsp3) is 0.545. The molecule has 2 aliphatic rings. The lowest BCUT2D eigenvalue weighted by Gasteiger charge is -2.17. The average Bonchev–Trinajstić information content (AvgIpc) is 2.40. The van der Waals surface area contributed by atoms with Gasteiger partial charge in [-0.25, -0.2) is 0 Å². The number of fused-ring (bicyclic) bond motifs is 1. The number of allylic oxidation sites excluding steroid dienone is 3. The standard InChI is InChI=1S/C11H15NO3/c13-6-5-10-11(14)12-9-4-2-1-3-8(9)7-15-10/h1-2,4,8,10,13H,3,5-7H2,(H,12,14). The van der Waals surface area contributed by atoms with E-state index in [2.05, 4.69) is 11.4 Å². The van der Waals surface area contributed by atoms with Gasteiger partial charge in [-0.3, -0.25) is 4.79 Å². The van der Waals surface area contributed by atoms with Crippen LogP contribution in [-0.4, -0.2) is 30.3 Å². The Labute approximate surface area is 88.6 Å². The highest BCUT2D eigenvalue weighted by molar-refractivity contribution is 5.82. The van der Waals surface area contributed by atoms with E-state index in [1.165, 1.54) is 0 Å². The Balaban J connectivity index is 2.08. The highest BCUT2D eigenvalue weighted by Crippen LogP contribution is 2.22. The van der Waals surface area contributed by atoms with E-state index in [4.69, 9.17) is 9.84 Å². The number of ether oxygens (including phenoxy) is 1. The van der Waals surface area contributed by atoms with Crippen LogP contribution >= 0.6 is 0 Å². The number of nitrogens with one attached hydrogen (secondary N) is 1. The van der Waals surface area contributed by atoms with Crippen LogP contribution in [0, 0.1) is 5.92 Å². The summed E-state index contributed by atoms with van der Waals surface area (Å²) in [4.78, 5) is 11.6. The number of hydrogen-bond acceptors (Lipinski definition) is 3. The van der Waals surface area contributed by atoms with Crippen LogP contribution in [0.15, 0.2) is 23.9 Å². The molecule has 4 nitrogen and oxygen atoms in total. The second-order valence-electron chi connectivity index (χ2n) is 3.81. The van der Waals surface area contributed by atoms with Crippen LogP contribution in [0.1, 0.15) is 12.8 Å². The molecule has 82 valence electrons. The lowest BCUT2D eigenvalue weighted by molar-refractivity contribution is -0.131. The number of aliphatic hydroxyl groups is 1. The van der Waals surface area contributed by atoms with Gasteiger partial charge in [-0.15, -0.1) is 0 Å². The Bertz CT molecular complexity index is 309. The molecule has 2 atom stereocenters. The first-order valence-corrected chi connectivity index (χ1v) is 5.21. The molecule has 1 aliphatic carbocycles. The van der Waals surface area contributed by atoms with Crippen LogP contribution in [0.4, 0.5) is 0 Å². The molecular weight excluding hydrogens is 194 g/mol. The third-order valence-corrected chi connectivity index (χ3v) is 2.72. The molecule has 2 N–H and O–H groups in total. The van der Waals surface area contributed by atoms with Crippen molar-refractivity contribution < 1.29 is 14.6 Å². The maximum atomic E-state index is 11.6. The van der Waals surface area contributed by atoms with Gasteiger partial charge in [0.05, 0.1) is 6.61 Å². The number of carbonyl (C=O) groups excluding carboxylic acids is 1. The van der Waals surface area contributed by atoms with Gasteiger partial charge in [-0.2, -0.15) is 0 Å². The van der Waals surface area contributed by atoms with E-state index < -0.39 is 6.10 Å². The second-order valence-corrected chi connectivity index (χ2v) is 3.81. The van der Waals surface area contributed by atoms with Gasteiger partial charge < -0.3 is 15.2 Å². The van der Waals surface area contributed by atoms with Crippen molar-refractivity contribution in [2.24, 2.45) is 5.92 Å². The number of hydrogen-bond donors (Lipinski definition) is 2. The fourth-order valence-corrected chi connectivity index (χ4v) is 1.84. The van der Waals surface area contributed by atoms with Crippen LogP contribution in [0.3, 0.4) is 0 Å². The van der Waals surface area contributed by atoms with Crippen LogP contribution < -0.4 is 5.32 Å². The summed E-state index contributed by atoms with van der Waals surface area (Å²) in [6.07, 6.45) is 6.67. The predicted molar refractivity (Wildman–Crippen MR) is 54.9 cm³/mol. The largest absolute Gasteiger partial charge is 0.396 e. The maximum Gasteiger partial charge on any atom is 0.253 e. The predicted octanol–water partition coefficient (Wildman–Crippen LogP) is 0.344. The quantitative estimate of drug-likeness (QED) is 0.689. The molecule has 0 aromatic rings. The lowest BCUT2D eigenvalue weighted by Crippen LogP contribution is -2.34. The maximum absolute atomic E-state index is 11.6. The minimum atomic E-state index is -0.513. The minimum absolute atomic E-state index is 0.0277. The lowest BCUT2D eigenvalue weighted by atomic mass is 9.98. The summed E-state index contributed by atoms with van der Waals surface area (Å²) in [6.45, 7) is 0.514. The van der Waals surface area contributed by atoms with Crippen LogP contribution in [0.5, 0.6) is 0 Å². The van der Waals surface area contributed by atoms with Gasteiger partial charge in [0.1, 0.15) is 6.10 Å².